The maximum Gasteiger partial charge on any atom is 0.341 e. The molecule has 1 aliphatic heterocycles. The Bertz CT molecular complexity index is 569. The maximum absolute atomic E-state index is 12.6. The van der Waals surface area contributed by atoms with Crippen LogP contribution in [0.4, 0.5) is 0 Å². The fourth-order valence-corrected chi connectivity index (χ4v) is 3.37. The van der Waals surface area contributed by atoms with Crippen LogP contribution in [-0.2, 0) is 16.1 Å². The molecule has 0 saturated carbocycles. The van der Waals surface area contributed by atoms with Crippen LogP contribution >= 0.6 is 0 Å². The molecule has 1 fully saturated rings. The van der Waals surface area contributed by atoms with Gasteiger partial charge in [-0.3, -0.25) is 9.48 Å². The molecule has 122 valence electrons. The Hall–Kier alpha value is -1.85. The van der Waals surface area contributed by atoms with Crippen molar-refractivity contribution in [1.82, 2.24) is 14.7 Å². The van der Waals surface area contributed by atoms with Crippen molar-refractivity contribution >= 4 is 11.9 Å². The molecule has 1 saturated heterocycles. The minimum absolute atomic E-state index is 0.0571. The summed E-state index contributed by atoms with van der Waals surface area (Å²) in [4.78, 5) is 26.4. The fourth-order valence-electron chi connectivity index (χ4n) is 3.37. The number of likely N-dealkylation sites (tertiary alicyclic amines) is 1. The molecule has 0 spiro atoms. The van der Waals surface area contributed by atoms with E-state index < -0.39 is 5.97 Å². The van der Waals surface area contributed by atoms with E-state index >= 15 is 0 Å². The molecular weight excluding hydrogens is 282 g/mol. The summed E-state index contributed by atoms with van der Waals surface area (Å²) in [6.45, 7) is 7.90. The normalized spacial score (nSPS) is 21.8. The van der Waals surface area contributed by atoms with E-state index in [0.29, 0.717) is 17.0 Å². The van der Waals surface area contributed by atoms with E-state index in [1.54, 1.807) is 18.5 Å². The third-order valence-corrected chi connectivity index (χ3v) is 4.54. The van der Waals surface area contributed by atoms with Crippen molar-refractivity contribution in [3.63, 3.8) is 0 Å². The summed E-state index contributed by atoms with van der Waals surface area (Å²) in [5, 5.41) is 4.33. The largest absolute Gasteiger partial charge is 0.465 e. The molecule has 2 heterocycles. The number of amides is 1. The van der Waals surface area contributed by atoms with Gasteiger partial charge in [0.1, 0.15) is 12.1 Å². The summed E-state index contributed by atoms with van der Waals surface area (Å²) in [5.41, 5.74) is 1.72. The van der Waals surface area contributed by atoms with E-state index in [2.05, 4.69) is 18.9 Å². The van der Waals surface area contributed by atoms with Crippen LogP contribution < -0.4 is 0 Å². The number of carbonyl (C=O) groups is 2. The van der Waals surface area contributed by atoms with Crippen LogP contribution in [0.25, 0.3) is 0 Å². The Balaban J connectivity index is 2.20. The number of hydrogen-bond acceptors (Lipinski definition) is 4. The van der Waals surface area contributed by atoms with Gasteiger partial charge in [0.2, 0.25) is 5.91 Å². The molecule has 22 heavy (non-hydrogen) atoms. The minimum atomic E-state index is -0.409. The van der Waals surface area contributed by atoms with Crippen LogP contribution in [0.3, 0.4) is 0 Å². The van der Waals surface area contributed by atoms with Crippen LogP contribution in [0.1, 0.15) is 54.9 Å². The molecular formula is C16H25N3O3. The molecule has 2 atom stereocenters. The second-order valence-corrected chi connectivity index (χ2v) is 6.13. The van der Waals surface area contributed by atoms with Gasteiger partial charge >= 0.3 is 5.97 Å². The number of piperidine rings is 1. The molecule has 1 aliphatic rings. The quantitative estimate of drug-likeness (QED) is 0.802. The molecule has 0 radical (unpaired) electrons. The number of esters is 1. The van der Waals surface area contributed by atoms with E-state index in [1.165, 1.54) is 13.5 Å². The first-order valence-electron chi connectivity index (χ1n) is 7.80. The van der Waals surface area contributed by atoms with E-state index in [9.17, 15) is 9.59 Å². The zero-order chi connectivity index (χ0) is 16.4. The second kappa shape index (κ2) is 6.50. The van der Waals surface area contributed by atoms with Gasteiger partial charge < -0.3 is 9.64 Å². The van der Waals surface area contributed by atoms with Crippen molar-refractivity contribution in [2.75, 3.05) is 7.11 Å². The predicted molar refractivity (Wildman–Crippen MR) is 82.7 cm³/mol. The van der Waals surface area contributed by atoms with Gasteiger partial charge in [0.15, 0.2) is 0 Å². The van der Waals surface area contributed by atoms with E-state index in [4.69, 9.17) is 4.74 Å². The average Bonchev–Trinajstić information content (AvgIpc) is 2.72. The lowest BCUT2D eigenvalue weighted by Crippen LogP contribution is -2.48. The van der Waals surface area contributed by atoms with Gasteiger partial charge in [-0.1, -0.05) is 0 Å². The topological polar surface area (TPSA) is 64.4 Å². The molecule has 1 aromatic heterocycles. The van der Waals surface area contributed by atoms with Gasteiger partial charge in [0.25, 0.3) is 0 Å². The summed E-state index contributed by atoms with van der Waals surface area (Å²) in [6.07, 6.45) is 3.25. The Morgan fingerprint density at radius 3 is 2.36 bits per heavy atom. The molecule has 6 heteroatoms. The lowest BCUT2D eigenvalue weighted by atomic mass is 9.97. The minimum Gasteiger partial charge on any atom is -0.465 e. The third kappa shape index (κ3) is 3.00. The smallest absolute Gasteiger partial charge is 0.341 e. The van der Waals surface area contributed by atoms with Crippen LogP contribution in [0, 0.1) is 13.8 Å². The summed E-state index contributed by atoms with van der Waals surface area (Å²) >= 11 is 0. The monoisotopic (exact) mass is 307 g/mol. The number of methoxy groups -OCH3 is 1. The van der Waals surface area contributed by atoms with Gasteiger partial charge in [-0.05, 0) is 47.0 Å². The van der Waals surface area contributed by atoms with Crippen molar-refractivity contribution in [3.8, 4) is 0 Å². The number of ether oxygens (including phenoxy) is 1. The second-order valence-electron chi connectivity index (χ2n) is 6.13. The molecule has 2 unspecified atom stereocenters. The first-order chi connectivity index (χ1) is 10.4. The Labute approximate surface area is 131 Å². The first kappa shape index (κ1) is 16.5. The Morgan fingerprint density at radius 2 is 1.82 bits per heavy atom. The number of aromatic nitrogens is 2. The zero-order valence-corrected chi connectivity index (χ0v) is 14.0. The van der Waals surface area contributed by atoms with Crippen LogP contribution in [0.5, 0.6) is 0 Å². The SMILES string of the molecule is COC(=O)c1c(C)nn(CC(=O)N2C(C)CCCC2C)c1C. The highest BCUT2D eigenvalue weighted by Gasteiger charge is 2.30. The molecule has 0 N–H and O–H groups in total. The molecule has 0 aliphatic carbocycles. The number of carbonyl (C=O) groups excluding carboxylic acids is 2. The highest BCUT2D eigenvalue weighted by atomic mass is 16.5. The molecule has 6 nitrogen and oxygen atoms in total. The third-order valence-electron chi connectivity index (χ3n) is 4.54. The average molecular weight is 307 g/mol. The van der Waals surface area contributed by atoms with Crippen molar-refractivity contribution in [1.29, 1.82) is 0 Å². The lowest BCUT2D eigenvalue weighted by molar-refractivity contribution is -0.138. The van der Waals surface area contributed by atoms with Crippen molar-refractivity contribution in [2.24, 2.45) is 0 Å². The summed E-state index contributed by atoms with van der Waals surface area (Å²) in [7, 11) is 1.35. The van der Waals surface area contributed by atoms with Crippen molar-refractivity contribution in [3.05, 3.63) is 17.0 Å². The standard InChI is InChI=1S/C16H25N3O3/c1-10-7-6-8-11(2)19(10)14(20)9-18-13(4)15(12(3)17-18)16(21)22-5/h10-11H,6-9H2,1-5H3. The molecule has 1 aromatic rings. The Morgan fingerprint density at radius 1 is 1.23 bits per heavy atom. The summed E-state index contributed by atoms with van der Waals surface area (Å²) in [6, 6.07) is 0.515. The number of rotatable bonds is 3. The van der Waals surface area contributed by atoms with Crippen molar-refractivity contribution in [2.45, 2.75) is 65.6 Å². The number of aryl methyl sites for hydroxylation is 1. The molecule has 1 amide bonds. The van der Waals surface area contributed by atoms with Gasteiger partial charge in [-0.25, -0.2) is 4.79 Å². The van der Waals surface area contributed by atoms with E-state index in [1.807, 2.05) is 4.90 Å². The maximum atomic E-state index is 12.6. The van der Waals surface area contributed by atoms with E-state index in [0.717, 1.165) is 12.8 Å². The molecule has 0 aromatic carbocycles. The van der Waals surface area contributed by atoms with Crippen LogP contribution in [0.15, 0.2) is 0 Å². The zero-order valence-electron chi connectivity index (χ0n) is 14.0. The van der Waals surface area contributed by atoms with Crippen molar-refractivity contribution < 1.29 is 14.3 Å². The van der Waals surface area contributed by atoms with Crippen LogP contribution in [0.2, 0.25) is 0 Å². The van der Waals surface area contributed by atoms with Gasteiger partial charge in [-0.15, -0.1) is 0 Å². The number of hydrogen-bond donors (Lipinski definition) is 0. The van der Waals surface area contributed by atoms with Gasteiger partial charge in [0, 0.05) is 12.1 Å². The molecule has 2 rings (SSSR count). The van der Waals surface area contributed by atoms with Crippen LogP contribution in [-0.4, -0.2) is 45.8 Å². The van der Waals surface area contributed by atoms with E-state index in [-0.39, 0.29) is 24.5 Å². The Kier molecular flexibility index (Phi) is 4.88. The van der Waals surface area contributed by atoms with Gasteiger partial charge in [-0.2, -0.15) is 5.10 Å². The first-order valence-corrected chi connectivity index (χ1v) is 7.80. The highest BCUT2D eigenvalue weighted by Crippen LogP contribution is 2.23. The highest BCUT2D eigenvalue weighted by molar-refractivity contribution is 5.92. The summed E-state index contributed by atoms with van der Waals surface area (Å²) < 4.78 is 6.39. The van der Waals surface area contributed by atoms with Gasteiger partial charge in [0.05, 0.1) is 18.5 Å². The summed E-state index contributed by atoms with van der Waals surface area (Å²) in [5.74, 6) is -0.352. The predicted octanol–water partition coefficient (Wildman–Crippen LogP) is 2.08. The molecule has 0 bridgehead atoms. The lowest BCUT2D eigenvalue weighted by Gasteiger charge is -2.39. The number of nitrogens with zero attached hydrogens (tertiary/aromatic N) is 3. The fraction of sp³-hybridized carbons (Fsp3) is 0.688.